The quantitative estimate of drug-likeness (QED) is 0.705. The number of anilines is 1. The molecule has 0 saturated heterocycles. The highest BCUT2D eigenvalue weighted by molar-refractivity contribution is 6.00. The number of benzene rings is 1. The molecule has 1 aromatic heterocycles. The summed E-state index contributed by atoms with van der Waals surface area (Å²) < 4.78 is 10.3. The van der Waals surface area contributed by atoms with Gasteiger partial charge in [0.1, 0.15) is 0 Å². The molecule has 0 spiro atoms. The van der Waals surface area contributed by atoms with E-state index in [1.54, 1.807) is 24.4 Å². The van der Waals surface area contributed by atoms with Gasteiger partial charge >= 0.3 is 0 Å². The van der Waals surface area contributed by atoms with Gasteiger partial charge in [-0.2, -0.15) is 5.10 Å². The number of aromatic nitrogens is 2. The molecule has 2 rings (SSSR count). The Hall–Kier alpha value is -2.70. The predicted octanol–water partition coefficient (Wildman–Crippen LogP) is 0.939. The van der Waals surface area contributed by atoms with Crippen molar-refractivity contribution in [2.75, 3.05) is 20.0 Å². The first-order valence-corrected chi connectivity index (χ1v) is 5.93. The second-order valence-corrected chi connectivity index (χ2v) is 4.06. The van der Waals surface area contributed by atoms with E-state index in [9.17, 15) is 4.79 Å². The Balaban J connectivity index is 2.16. The summed E-state index contributed by atoms with van der Waals surface area (Å²) in [6.45, 7) is 0.340. The van der Waals surface area contributed by atoms with Crippen molar-refractivity contribution in [1.82, 2.24) is 15.5 Å². The smallest absolute Gasteiger partial charge is 0.253 e. The summed E-state index contributed by atoms with van der Waals surface area (Å²) in [5.41, 5.74) is 7.32. The molecule has 0 fully saturated rings. The largest absolute Gasteiger partial charge is 0.493 e. The number of nitrogens with two attached hydrogens (primary N) is 1. The molecule has 20 heavy (non-hydrogen) atoms. The lowest BCUT2D eigenvalue weighted by Gasteiger charge is -2.12. The van der Waals surface area contributed by atoms with Gasteiger partial charge in [0.15, 0.2) is 11.5 Å². The minimum atomic E-state index is -0.293. The molecule has 0 saturated carbocycles. The van der Waals surface area contributed by atoms with Crippen molar-refractivity contribution in [3.8, 4) is 11.5 Å². The first kappa shape index (κ1) is 13.7. The highest BCUT2D eigenvalue weighted by atomic mass is 16.5. The second-order valence-electron chi connectivity index (χ2n) is 4.06. The summed E-state index contributed by atoms with van der Waals surface area (Å²) in [4.78, 5) is 12.1. The fraction of sp³-hybridized carbons (Fsp3) is 0.231. The van der Waals surface area contributed by atoms with Gasteiger partial charge in [-0.3, -0.25) is 9.89 Å². The van der Waals surface area contributed by atoms with E-state index in [0.717, 1.165) is 5.69 Å². The normalized spacial score (nSPS) is 10.1. The number of nitrogens with one attached hydrogen (secondary N) is 2. The molecule has 106 valence electrons. The molecule has 1 heterocycles. The summed E-state index contributed by atoms with van der Waals surface area (Å²) in [5, 5.41) is 9.31. The van der Waals surface area contributed by atoms with Crippen LogP contribution in [-0.4, -0.2) is 30.3 Å². The van der Waals surface area contributed by atoms with Crippen LogP contribution in [0.4, 0.5) is 5.69 Å². The number of carbonyl (C=O) groups is 1. The zero-order valence-electron chi connectivity index (χ0n) is 11.3. The van der Waals surface area contributed by atoms with Gasteiger partial charge in [0.2, 0.25) is 0 Å². The molecule has 0 radical (unpaired) electrons. The van der Waals surface area contributed by atoms with Gasteiger partial charge in [-0.1, -0.05) is 0 Å². The van der Waals surface area contributed by atoms with Crippen molar-refractivity contribution in [2.45, 2.75) is 6.54 Å². The maximum atomic E-state index is 12.1. The van der Waals surface area contributed by atoms with E-state index >= 15 is 0 Å². The first-order chi connectivity index (χ1) is 9.65. The van der Waals surface area contributed by atoms with E-state index in [2.05, 4.69) is 15.5 Å². The summed E-state index contributed by atoms with van der Waals surface area (Å²) in [7, 11) is 3.01. The minimum absolute atomic E-state index is 0.293. The number of hydrogen-bond acceptors (Lipinski definition) is 5. The van der Waals surface area contributed by atoms with E-state index < -0.39 is 0 Å². The lowest BCUT2D eigenvalue weighted by molar-refractivity contribution is 0.0951. The highest BCUT2D eigenvalue weighted by Crippen LogP contribution is 2.31. The van der Waals surface area contributed by atoms with Crippen molar-refractivity contribution >= 4 is 11.6 Å². The van der Waals surface area contributed by atoms with Gasteiger partial charge in [-0.05, 0) is 12.1 Å². The van der Waals surface area contributed by atoms with Crippen LogP contribution in [0.3, 0.4) is 0 Å². The Morgan fingerprint density at radius 2 is 2.05 bits per heavy atom. The maximum absolute atomic E-state index is 12.1. The van der Waals surface area contributed by atoms with E-state index in [0.29, 0.717) is 29.3 Å². The van der Waals surface area contributed by atoms with Gasteiger partial charge < -0.3 is 20.5 Å². The lowest BCUT2D eigenvalue weighted by Crippen LogP contribution is -2.24. The summed E-state index contributed by atoms with van der Waals surface area (Å²) in [6, 6.07) is 4.89. The monoisotopic (exact) mass is 276 g/mol. The SMILES string of the molecule is COc1cc(N)c(C(=O)NCc2ccn[nH]2)cc1OC. The molecule has 1 aromatic carbocycles. The molecule has 0 atom stereocenters. The average Bonchev–Trinajstić information content (AvgIpc) is 2.97. The number of H-pyrrole nitrogens is 1. The zero-order chi connectivity index (χ0) is 14.5. The molecule has 0 unspecified atom stereocenters. The average molecular weight is 276 g/mol. The third kappa shape index (κ3) is 2.82. The number of hydrogen-bond donors (Lipinski definition) is 3. The molecule has 0 aliphatic rings. The Morgan fingerprint density at radius 1 is 1.35 bits per heavy atom. The van der Waals surface area contributed by atoms with E-state index in [1.807, 2.05) is 0 Å². The molecule has 7 nitrogen and oxygen atoms in total. The lowest BCUT2D eigenvalue weighted by atomic mass is 10.1. The van der Waals surface area contributed by atoms with Gasteiger partial charge in [0, 0.05) is 18.0 Å². The number of methoxy groups -OCH3 is 2. The molecule has 0 aliphatic carbocycles. The molecule has 1 amide bonds. The van der Waals surface area contributed by atoms with E-state index in [1.165, 1.54) is 14.2 Å². The van der Waals surface area contributed by atoms with Crippen molar-refractivity contribution in [3.05, 3.63) is 35.7 Å². The molecule has 2 aromatic rings. The van der Waals surface area contributed by atoms with Crippen LogP contribution < -0.4 is 20.5 Å². The number of nitrogens with zero attached hydrogens (tertiary/aromatic N) is 1. The van der Waals surface area contributed by atoms with Crippen LogP contribution in [0.25, 0.3) is 0 Å². The summed E-state index contributed by atoms with van der Waals surface area (Å²) >= 11 is 0. The van der Waals surface area contributed by atoms with E-state index in [4.69, 9.17) is 15.2 Å². The Morgan fingerprint density at radius 3 is 2.65 bits per heavy atom. The Kier molecular flexibility index (Phi) is 4.09. The molecule has 0 bridgehead atoms. The molecule has 0 aliphatic heterocycles. The minimum Gasteiger partial charge on any atom is -0.493 e. The predicted molar refractivity (Wildman–Crippen MR) is 73.7 cm³/mol. The second kappa shape index (κ2) is 5.96. The number of aromatic amines is 1. The summed E-state index contributed by atoms with van der Waals surface area (Å²) in [5.74, 6) is 0.640. The van der Waals surface area contributed by atoms with Crippen LogP contribution in [0, 0.1) is 0 Å². The van der Waals surface area contributed by atoms with Crippen molar-refractivity contribution in [1.29, 1.82) is 0 Å². The van der Waals surface area contributed by atoms with Crippen LogP contribution in [-0.2, 0) is 6.54 Å². The molecule has 4 N–H and O–H groups in total. The standard InChI is InChI=1S/C13H16N4O3/c1-19-11-5-9(10(14)6-12(11)20-2)13(18)15-7-8-3-4-16-17-8/h3-6H,7,14H2,1-2H3,(H,15,18)(H,16,17). The van der Waals surface area contributed by atoms with Gasteiger partial charge in [0.25, 0.3) is 5.91 Å². The third-order valence-corrected chi connectivity index (χ3v) is 2.80. The number of amides is 1. The fourth-order valence-electron chi connectivity index (χ4n) is 1.75. The summed E-state index contributed by atoms with van der Waals surface area (Å²) in [6.07, 6.45) is 1.62. The number of rotatable bonds is 5. The molecule has 7 heteroatoms. The third-order valence-electron chi connectivity index (χ3n) is 2.80. The topological polar surface area (TPSA) is 102 Å². The number of carbonyl (C=O) groups excluding carboxylic acids is 1. The molecular weight excluding hydrogens is 260 g/mol. The maximum Gasteiger partial charge on any atom is 0.253 e. The van der Waals surface area contributed by atoms with Crippen molar-refractivity contribution < 1.29 is 14.3 Å². The van der Waals surface area contributed by atoms with Crippen molar-refractivity contribution in [2.24, 2.45) is 0 Å². The highest BCUT2D eigenvalue weighted by Gasteiger charge is 2.15. The van der Waals surface area contributed by atoms with Crippen LogP contribution in [0.2, 0.25) is 0 Å². The van der Waals surface area contributed by atoms with Gasteiger partial charge in [-0.25, -0.2) is 0 Å². The Bertz CT molecular complexity index is 596. The van der Waals surface area contributed by atoms with E-state index in [-0.39, 0.29) is 5.91 Å². The van der Waals surface area contributed by atoms with Crippen LogP contribution >= 0.6 is 0 Å². The van der Waals surface area contributed by atoms with Crippen molar-refractivity contribution in [3.63, 3.8) is 0 Å². The van der Waals surface area contributed by atoms with Gasteiger partial charge in [0.05, 0.1) is 32.0 Å². The van der Waals surface area contributed by atoms with Crippen LogP contribution in [0.1, 0.15) is 16.1 Å². The zero-order valence-corrected chi connectivity index (χ0v) is 11.3. The van der Waals surface area contributed by atoms with Gasteiger partial charge in [-0.15, -0.1) is 0 Å². The fourth-order valence-corrected chi connectivity index (χ4v) is 1.75. The number of ether oxygens (including phenoxy) is 2. The van der Waals surface area contributed by atoms with Crippen LogP contribution in [0.15, 0.2) is 24.4 Å². The number of nitrogen functional groups attached to an aromatic ring is 1. The van der Waals surface area contributed by atoms with Crippen LogP contribution in [0.5, 0.6) is 11.5 Å². The Labute approximate surface area is 116 Å². The first-order valence-electron chi connectivity index (χ1n) is 5.93. The molecular formula is C13H16N4O3.